The Labute approximate surface area is 235 Å². The molecule has 5 aromatic rings. The molecule has 0 atom stereocenters. The molecule has 198 valence electrons. The van der Waals surface area contributed by atoms with Crippen molar-refractivity contribution in [1.29, 1.82) is 0 Å². The van der Waals surface area contributed by atoms with Crippen LogP contribution in [0, 0.1) is 0 Å². The Bertz CT molecular complexity index is 1560. The second-order valence-electron chi connectivity index (χ2n) is 9.62. The molecule has 0 amide bonds. The highest BCUT2D eigenvalue weighted by atomic mass is 16.5. The summed E-state index contributed by atoms with van der Waals surface area (Å²) in [6.45, 7) is 1.33. The summed E-state index contributed by atoms with van der Waals surface area (Å²) in [6, 6.07) is 44.4. The van der Waals surface area contributed by atoms with Crippen LogP contribution in [0.1, 0.15) is 27.8 Å². The van der Waals surface area contributed by atoms with Gasteiger partial charge in [-0.15, -0.1) is 0 Å². The summed E-state index contributed by atoms with van der Waals surface area (Å²) >= 11 is 0. The zero-order valence-corrected chi connectivity index (χ0v) is 22.2. The summed E-state index contributed by atoms with van der Waals surface area (Å²) in [6.07, 6.45) is 0.537. The fourth-order valence-electron chi connectivity index (χ4n) is 4.63. The summed E-state index contributed by atoms with van der Waals surface area (Å²) in [7, 11) is 0. The lowest BCUT2D eigenvalue weighted by Crippen LogP contribution is -2.14. The molecule has 0 aromatic heterocycles. The molecule has 0 bridgehead atoms. The summed E-state index contributed by atoms with van der Waals surface area (Å²) in [5.41, 5.74) is 5.17. The first-order chi connectivity index (χ1) is 19.8. The molecule has 0 fully saturated rings. The van der Waals surface area contributed by atoms with E-state index in [1.807, 2.05) is 109 Å². The summed E-state index contributed by atoms with van der Waals surface area (Å²) in [5.74, 6) is 3.59. The van der Waals surface area contributed by atoms with Crippen LogP contribution in [0.25, 0.3) is 5.76 Å². The molecule has 4 heteroatoms. The molecule has 40 heavy (non-hydrogen) atoms. The van der Waals surface area contributed by atoms with Gasteiger partial charge in [0.1, 0.15) is 42.8 Å². The molecule has 1 heterocycles. The number of hydrogen-bond donors (Lipinski definition) is 0. The van der Waals surface area contributed by atoms with E-state index in [9.17, 15) is 0 Å². The predicted molar refractivity (Wildman–Crippen MR) is 157 cm³/mol. The molecule has 0 saturated heterocycles. The van der Waals surface area contributed by atoms with E-state index in [4.69, 9.17) is 18.9 Å². The third-order valence-corrected chi connectivity index (χ3v) is 6.72. The molecule has 0 aliphatic carbocycles. The second-order valence-corrected chi connectivity index (χ2v) is 9.62. The maximum Gasteiger partial charge on any atom is 0.172 e. The van der Waals surface area contributed by atoms with Crippen LogP contribution < -0.4 is 14.2 Å². The fraction of sp³-hybridized carbons (Fsp3) is 0.111. The topological polar surface area (TPSA) is 36.9 Å². The normalized spacial score (nSPS) is 12.3. The van der Waals surface area contributed by atoms with Gasteiger partial charge in [0.2, 0.25) is 0 Å². The van der Waals surface area contributed by atoms with Gasteiger partial charge < -0.3 is 18.9 Å². The highest BCUT2D eigenvalue weighted by Crippen LogP contribution is 2.43. The molecule has 1 aliphatic rings. The molecule has 4 nitrogen and oxygen atoms in total. The van der Waals surface area contributed by atoms with Gasteiger partial charge >= 0.3 is 0 Å². The standard InChI is InChI=1S/C36H30O4/c1-5-13-27(14-6-1)24-37-31-21-33(38-25-28-15-7-2-8-16-28)32-23-35(39-26-29-17-9-3-10-18-29)36(40-34(32)22-31)30-19-11-4-12-20-30/h1-22H,23-26H2. The number of hydrogen-bond acceptors (Lipinski definition) is 4. The van der Waals surface area contributed by atoms with E-state index in [0.29, 0.717) is 43.5 Å². The molecule has 0 N–H and O–H groups in total. The molecular formula is C36H30O4. The van der Waals surface area contributed by atoms with Crippen LogP contribution in [0.5, 0.6) is 17.2 Å². The zero-order chi connectivity index (χ0) is 27.0. The number of benzene rings is 5. The van der Waals surface area contributed by atoms with E-state index in [1.165, 1.54) is 0 Å². The minimum absolute atomic E-state index is 0.435. The molecular weight excluding hydrogens is 496 g/mol. The van der Waals surface area contributed by atoms with Crippen molar-refractivity contribution < 1.29 is 18.9 Å². The average Bonchev–Trinajstić information content (AvgIpc) is 3.03. The van der Waals surface area contributed by atoms with Crippen LogP contribution in [0.4, 0.5) is 0 Å². The highest BCUT2D eigenvalue weighted by molar-refractivity contribution is 5.69. The molecule has 5 aromatic carbocycles. The van der Waals surface area contributed by atoms with E-state index in [0.717, 1.165) is 39.3 Å². The van der Waals surface area contributed by atoms with E-state index in [-0.39, 0.29) is 0 Å². The lowest BCUT2D eigenvalue weighted by atomic mass is 10.0. The minimum Gasteiger partial charge on any atom is -0.489 e. The lowest BCUT2D eigenvalue weighted by Gasteiger charge is -2.26. The van der Waals surface area contributed by atoms with Gasteiger partial charge in [0.25, 0.3) is 0 Å². The quantitative estimate of drug-likeness (QED) is 0.183. The van der Waals surface area contributed by atoms with Gasteiger partial charge in [-0.25, -0.2) is 0 Å². The maximum absolute atomic E-state index is 6.60. The maximum atomic E-state index is 6.60. The van der Waals surface area contributed by atoms with Crippen molar-refractivity contribution in [1.82, 2.24) is 0 Å². The van der Waals surface area contributed by atoms with Crippen LogP contribution in [0.2, 0.25) is 0 Å². The first-order valence-corrected chi connectivity index (χ1v) is 13.5. The van der Waals surface area contributed by atoms with Crippen LogP contribution >= 0.6 is 0 Å². The van der Waals surface area contributed by atoms with Gasteiger partial charge in [-0.1, -0.05) is 121 Å². The summed E-state index contributed by atoms with van der Waals surface area (Å²) < 4.78 is 25.6. The number of allylic oxidation sites excluding steroid dienone is 1. The summed E-state index contributed by atoms with van der Waals surface area (Å²) in [5, 5.41) is 0. The Morgan fingerprint density at radius 2 is 1.02 bits per heavy atom. The van der Waals surface area contributed by atoms with Crippen molar-refractivity contribution in [2.45, 2.75) is 26.2 Å². The van der Waals surface area contributed by atoms with Gasteiger partial charge in [-0.05, 0) is 16.7 Å². The van der Waals surface area contributed by atoms with Crippen molar-refractivity contribution in [3.05, 3.63) is 167 Å². The minimum atomic E-state index is 0.435. The second kappa shape index (κ2) is 12.3. The molecule has 6 rings (SSSR count). The monoisotopic (exact) mass is 526 g/mol. The molecule has 0 saturated carbocycles. The predicted octanol–water partition coefficient (Wildman–Crippen LogP) is 8.37. The number of rotatable bonds is 10. The van der Waals surface area contributed by atoms with Crippen LogP contribution in [0.15, 0.2) is 139 Å². The Morgan fingerprint density at radius 3 is 1.60 bits per heavy atom. The van der Waals surface area contributed by atoms with E-state index in [1.54, 1.807) is 0 Å². The van der Waals surface area contributed by atoms with Crippen molar-refractivity contribution in [3.63, 3.8) is 0 Å². The SMILES string of the molecule is c1ccc(COC2=C(c3ccccc3)Oc3cc(OCc4ccccc4)cc(OCc4ccccc4)c3C2)cc1. The van der Waals surface area contributed by atoms with Crippen molar-refractivity contribution in [3.8, 4) is 17.2 Å². The van der Waals surface area contributed by atoms with E-state index in [2.05, 4.69) is 24.3 Å². The van der Waals surface area contributed by atoms with Crippen molar-refractivity contribution in [2.24, 2.45) is 0 Å². The molecule has 0 spiro atoms. The van der Waals surface area contributed by atoms with Gasteiger partial charge in [-0.3, -0.25) is 0 Å². The van der Waals surface area contributed by atoms with Crippen molar-refractivity contribution >= 4 is 5.76 Å². The first-order valence-electron chi connectivity index (χ1n) is 13.5. The summed E-state index contributed by atoms with van der Waals surface area (Å²) in [4.78, 5) is 0. The fourth-order valence-corrected chi connectivity index (χ4v) is 4.63. The van der Waals surface area contributed by atoms with Crippen LogP contribution in [-0.4, -0.2) is 0 Å². The van der Waals surface area contributed by atoms with Gasteiger partial charge in [0, 0.05) is 29.7 Å². The molecule has 1 aliphatic heterocycles. The van der Waals surface area contributed by atoms with E-state index < -0.39 is 0 Å². The largest absolute Gasteiger partial charge is 0.489 e. The van der Waals surface area contributed by atoms with E-state index >= 15 is 0 Å². The highest BCUT2D eigenvalue weighted by Gasteiger charge is 2.27. The Hall–Kier alpha value is -4.96. The van der Waals surface area contributed by atoms with Crippen molar-refractivity contribution in [2.75, 3.05) is 0 Å². The molecule has 0 radical (unpaired) electrons. The lowest BCUT2D eigenvalue weighted by molar-refractivity contribution is 0.182. The Morgan fingerprint density at radius 1 is 0.525 bits per heavy atom. The zero-order valence-electron chi connectivity index (χ0n) is 22.2. The Kier molecular flexibility index (Phi) is 7.77. The van der Waals surface area contributed by atoms with Crippen LogP contribution in [0.3, 0.4) is 0 Å². The van der Waals surface area contributed by atoms with Crippen LogP contribution in [-0.2, 0) is 31.0 Å². The average molecular weight is 527 g/mol. The van der Waals surface area contributed by atoms with Gasteiger partial charge in [0.15, 0.2) is 5.76 Å². The van der Waals surface area contributed by atoms with Gasteiger partial charge in [-0.2, -0.15) is 0 Å². The number of fused-ring (bicyclic) bond motifs is 1. The third-order valence-electron chi connectivity index (χ3n) is 6.72. The first kappa shape index (κ1) is 25.3. The number of ether oxygens (including phenoxy) is 4. The third kappa shape index (κ3) is 6.19. The smallest absolute Gasteiger partial charge is 0.172 e. The molecule has 0 unspecified atom stereocenters. The van der Waals surface area contributed by atoms with Gasteiger partial charge in [0.05, 0.1) is 0 Å². The Balaban J connectivity index is 1.33.